The van der Waals surface area contributed by atoms with Crippen LogP contribution in [-0.2, 0) is 9.53 Å². The third-order valence-electron chi connectivity index (χ3n) is 3.38. The van der Waals surface area contributed by atoms with Crippen LogP contribution in [0.2, 0.25) is 0 Å². The van der Waals surface area contributed by atoms with Gasteiger partial charge in [-0.2, -0.15) is 0 Å². The summed E-state index contributed by atoms with van der Waals surface area (Å²) in [5.74, 6) is 0.545. The van der Waals surface area contributed by atoms with Crippen molar-refractivity contribution < 1.29 is 13.9 Å². The molecule has 0 bridgehead atoms. The fraction of sp³-hybridized carbons (Fsp3) is 0.312. The molecular formula is C16H18N4O3S. The summed E-state index contributed by atoms with van der Waals surface area (Å²) in [6.07, 6.45) is 1.84. The quantitative estimate of drug-likeness (QED) is 0.638. The van der Waals surface area contributed by atoms with Crippen LogP contribution in [0.15, 0.2) is 40.1 Å². The molecule has 7 nitrogen and oxygen atoms in total. The summed E-state index contributed by atoms with van der Waals surface area (Å²) in [6.45, 7) is 2.36. The van der Waals surface area contributed by atoms with Crippen LogP contribution in [0, 0.1) is 0 Å². The highest BCUT2D eigenvalue weighted by Crippen LogP contribution is 2.29. The normalized spacial score (nSPS) is 12.4. The zero-order chi connectivity index (χ0) is 16.9. The monoisotopic (exact) mass is 346 g/mol. The Balaban J connectivity index is 1.63. The van der Waals surface area contributed by atoms with Crippen molar-refractivity contribution >= 4 is 28.6 Å². The standard InChI is InChI=1S/C16H18N4O3S/c1-10(8-22-2)18-14(21)9-24-16-20-19-15(23-16)12-7-17-13-6-4-3-5-11(12)13/h3-7,10,17H,8-9H2,1-2H3,(H,18,21). The Morgan fingerprint density at radius 2 is 2.25 bits per heavy atom. The molecule has 2 aromatic heterocycles. The average molecular weight is 346 g/mol. The molecule has 126 valence electrons. The number of fused-ring (bicyclic) bond motifs is 1. The molecule has 8 heteroatoms. The van der Waals surface area contributed by atoms with Gasteiger partial charge in [-0.05, 0) is 13.0 Å². The molecule has 0 saturated heterocycles. The SMILES string of the molecule is COCC(C)NC(=O)CSc1nnc(-c2c[nH]c3ccccc23)o1. The number of hydrogen-bond acceptors (Lipinski definition) is 6. The Hall–Kier alpha value is -2.32. The molecule has 2 heterocycles. The van der Waals surface area contributed by atoms with Crippen molar-refractivity contribution in [2.24, 2.45) is 0 Å². The van der Waals surface area contributed by atoms with Gasteiger partial charge in [0.05, 0.1) is 17.9 Å². The lowest BCUT2D eigenvalue weighted by Crippen LogP contribution is -2.36. The van der Waals surface area contributed by atoms with Crippen LogP contribution in [-0.4, -0.2) is 46.6 Å². The van der Waals surface area contributed by atoms with Crippen LogP contribution >= 0.6 is 11.8 Å². The van der Waals surface area contributed by atoms with E-state index < -0.39 is 0 Å². The lowest BCUT2D eigenvalue weighted by molar-refractivity contribution is -0.119. The van der Waals surface area contributed by atoms with Crippen molar-refractivity contribution in [2.75, 3.05) is 19.5 Å². The summed E-state index contributed by atoms with van der Waals surface area (Å²) in [5, 5.41) is 12.3. The van der Waals surface area contributed by atoms with Gasteiger partial charge >= 0.3 is 0 Å². The van der Waals surface area contributed by atoms with E-state index in [9.17, 15) is 4.79 Å². The molecule has 1 aromatic carbocycles. The van der Waals surface area contributed by atoms with Crippen molar-refractivity contribution in [1.82, 2.24) is 20.5 Å². The first kappa shape index (κ1) is 16.5. The van der Waals surface area contributed by atoms with Crippen LogP contribution in [0.3, 0.4) is 0 Å². The second-order valence-corrected chi connectivity index (χ2v) is 6.26. The number of H-pyrrole nitrogens is 1. The maximum Gasteiger partial charge on any atom is 0.277 e. The van der Waals surface area contributed by atoms with Gasteiger partial charge in [-0.15, -0.1) is 10.2 Å². The fourth-order valence-corrected chi connectivity index (χ4v) is 2.94. The molecule has 1 atom stereocenters. The van der Waals surface area contributed by atoms with Crippen molar-refractivity contribution in [3.63, 3.8) is 0 Å². The van der Waals surface area contributed by atoms with Gasteiger partial charge in [0.2, 0.25) is 5.91 Å². The van der Waals surface area contributed by atoms with E-state index in [1.165, 1.54) is 11.8 Å². The van der Waals surface area contributed by atoms with Gasteiger partial charge in [-0.3, -0.25) is 4.79 Å². The summed E-state index contributed by atoms with van der Waals surface area (Å²) in [6, 6.07) is 7.85. The molecule has 0 aliphatic carbocycles. The molecule has 0 fully saturated rings. The molecule has 0 aliphatic heterocycles. The van der Waals surface area contributed by atoms with Crippen molar-refractivity contribution in [1.29, 1.82) is 0 Å². The minimum atomic E-state index is -0.101. The third-order valence-corrected chi connectivity index (χ3v) is 4.20. The molecule has 1 amide bonds. The van der Waals surface area contributed by atoms with Crippen LogP contribution in [0.25, 0.3) is 22.4 Å². The van der Waals surface area contributed by atoms with Gasteiger partial charge < -0.3 is 19.5 Å². The molecule has 2 N–H and O–H groups in total. The number of nitrogens with one attached hydrogen (secondary N) is 2. The molecule has 0 spiro atoms. The zero-order valence-electron chi connectivity index (χ0n) is 13.4. The van der Waals surface area contributed by atoms with Crippen LogP contribution in [0.4, 0.5) is 0 Å². The Morgan fingerprint density at radius 3 is 3.08 bits per heavy atom. The maximum atomic E-state index is 11.8. The first-order chi connectivity index (χ1) is 11.7. The predicted octanol–water partition coefficient (Wildman–Crippen LogP) is 2.46. The number of aromatic amines is 1. The molecule has 3 rings (SSSR count). The van der Waals surface area contributed by atoms with Crippen LogP contribution < -0.4 is 5.32 Å². The molecule has 0 radical (unpaired) electrons. The number of hydrogen-bond donors (Lipinski definition) is 2. The Bertz CT molecular complexity index is 829. The number of rotatable bonds is 7. The molecular weight excluding hydrogens is 328 g/mol. The number of para-hydroxylation sites is 1. The van der Waals surface area contributed by atoms with E-state index in [2.05, 4.69) is 20.5 Å². The van der Waals surface area contributed by atoms with E-state index in [0.717, 1.165) is 16.5 Å². The fourth-order valence-electron chi connectivity index (χ4n) is 2.36. The van der Waals surface area contributed by atoms with Crippen molar-refractivity contribution in [3.8, 4) is 11.5 Å². The lowest BCUT2D eigenvalue weighted by atomic mass is 10.2. The third kappa shape index (κ3) is 3.77. The average Bonchev–Trinajstić information content (AvgIpc) is 3.19. The number of amides is 1. The van der Waals surface area contributed by atoms with Crippen LogP contribution in [0.1, 0.15) is 6.92 Å². The number of aromatic nitrogens is 3. The second-order valence-electron chi connectivity index (χ2n) is 5.33. The minimum Gasteiger partial charge on any atom is -0.411 e. The number of carbonyl (C=O) groups is 1. The highest BCUT2D eigenvalue weighted by molar-refractivity contribution is 7.99. The number of benzene rings is 1. The molecule has 24 heavy (non-hydrogen) atoms. The van der Waals surface area contributed by atoms with E-state index in [1.807, 2.05) is 37.4 Å². The zero-order valence-corrected chi connectivity index (χ0v) is 14.2. The molecule has 0 aliphatic rings. The molecule has 3 aromatic rings. The first-order valence-electron chi connectivity index (χ1n) is 7.48. The summed E-state index contributed by atoms with van der Waals surface area (Å²) < 4.78 is 10.6. The van der Waals surface area contributed by atoms with Gasteiger partial charge in [0.25, 0.3) is 11.1 Å². The Kier molecular flexibility index (Phi) is 5.17. The first-order valence-corrected chi connectivity index (χ1v) is 8.47. The summed E-state index contributed by atoms with van der Waals surface area (Å²) in [5.41, 5.74) is 1.86. The summed E-state index contributed by atoms with van der Waals surface area (Å²) in [4.78, 5) is 15.0. The maximum absolute atomic E-state index is 11.8. The largest absolute Gasteiger partial charge is 0.411 e. The number of ether oxygens (including phenoxy) is 1. The molecule has 0 saturated carbocycles. The van der Waals surface area contributed by atoms with E-state index in [4.69, 9.17) is 9.15 Å². The second kappa shape index (κ2) is 7.50. The summed E-state index contributed by atoms with van der Waals surface area (Å²) >= 11 is 1.21. The number of carbonyl (C=O) groups excluding carboxylic acids is 1. The predicted molar refractivity (Wildman–Crippen MR) is 91.8 cm³/mol. The summed E-state index contributed by atoms with van der Waals surface area (Å²) in [7, 11) is 1.60. The lowest BCUT2D eigenvalue weighted by Gasteiger charge is -2.11. The van der Waals surface area contributed by atoms with Gasteiger partial charge in [0.15, 0.2) is 0 Å². The van der Waals surface area contributed by atoms with Gasteiger partial charge in [-0.25, -0.2) is 0 Å². The van der Waals surface area contributed by atoms with Gasteiger partial charge in [0.1, 0.15) is 0 Å². The van der Waals surface area contributed by atoms with E-state index in [0.29, 0.717) is 17.7 Å². The van der Waals surface area contributed by atoms with E-state index in [-0.39, 0.29) is 17.7 Å². The number of methoxy groups -OCH3 is 1. The van der Waals surface area contributed by atoms with E-state index in [1.54, 1.807) is 7.11 Å². The molecule has 1 unspecified atom stereocenters. The van der Waals surface area contributed by atoms with Gasteiger partial charge in [0, 0.05) is 30.3 Å². The van der Waals surface area contributed by atoms with Crippen molar-refractivity contribution in [2.45, 2.75) is 18.2 Å². The highest BCUT2D eigenvalue weighted by Gasteiger charge is 2.15. The highest BCUT2D eigenvalue weighted by atomic mass is 32.2. The smallest absolute Gasteiger partial charge is 0.277 e. The van der Waals surface area contributed by atoms with Gasteiger partial charge in [-0.1, -0.05) is 30.0 Å². The Labute approximate surface area is 143 Å². The van der Waals surface area contributed by atoms with Crippen molar-refractivity contribution in [3.05, 3.63) is 30.5 Å². The minimum absolute atomic E-state index is 0.0347. The number of nitrogens with zero attached hydrogens (tertiary/aromatic N) is 2. The van der Waals surface area contributed by atoms with Crippen LogP contribution in [0.5, 0.6) is 0 Å². The number of thioether (sulfide) groups is 1. The van der Waals surface area contributed by atoms with E-state index >= 15 is 0 Å². The topological polar surface area (TPSA) is 93.0 Å². The Morgan fingerprint density at radius 1 is 1.42 bits per heavy atom.